The van der Waals surface area contributed by atoms with E-state index in [1.165, 1.54) is 0 Å². The number of pyridine rings is 1. The highest BCUT2D eigenvalue weighted by molar-refractivity contribution is 5.95. The molecule has 2 aromatic rings. The number of nitrogens with one attached hydrogen (secondary N) is 1. The van der Waals surface area contributed by atoms with Crippen molar-refractivity contribution in [3.63, 3.8) is 0 Å². The van der Waals surface area contributed by atoms with Crippen LogP contribution in [0.4, 0.5) is 5.82 Å². The molecule has 1 aliphatic carbocycles. The maximum atomic E-state index is 13.6. The second kappa shape index (κ2) is 10.5. The number of hydrogen-bond acceptors (Lipinski definition) is 8. The fourth-order valence-electron chi connectivity index (χ4n) is 6.31. The lowest BCUT2D eigenvalue weighted by molar-refractivity contribution is -0.135. The SMILES string of the molecule is CN(C)c1cc(C(=O)N2C[C@@H]3CN(C(=O)[C@@H]4CCc5[nH]nnc5C4)C[C@H]3C2)cc(OCC2CCOCC2)n1. The molecule has 6 rings (SSSR count). The number of nitrogens with zero attached hydrogens (tertiary/aromatic N) is 6. The number of H-pyrrole nitrogens is 1. The van der Waals surface area contributed by atoms with Crippen molar-refractivity contribution >= 4 is 17.6 Å². The quantitative estimate of drug-likeness (QED) is 0.604. The zero-order valence-electron chi connectivity index (χ0n) is 22.3. The van der Waals surface area contributed by atoms with Gasteiger partial charge in [-0.15, -0.1) is 5.10 Å². The Kier molecular flexibility index (Phi) is 6.94. The van der Waals surface area contributed by atoms with Gasteiger partial charge in [0.2, 0.25) is 11.8 Å². The lowest BCUT2D eigenvalue weighted by Crippen LogP contribution is -2.40. The second-order valence-corrected chi connectivity index (χ2v) is 11.5. The van der Waals surface area contributed by atoms with Gasteiger partial charge in [-0.05, 0) is 37.7 Å². The van der Waals surface area contributed by atoms with Gasteiger partial charge in [-0.1, -0.05) is 5.21 Å². The van der Waals surface area contributed by atoms with Crippen molar-refractivity contribution in [2.75, 3.05) is 65.0 Å². The predicted molar refractivity (Wildman–Crippen MR) is 139 cm³/mol. The number of hydrogen-bond donors (Lipinski definition) is 1. The molecule has 11 nitrogen and oxygen atoms in total. The normalized spacial score (nSPS) is 25.3. The monoisotopic (exact) mass is 523 g/mol. The molecule has 204 valence electrons. The maximum absolute atomic E-state index is 13.6. The molecular formula is C27H37N7O4. The summed E-state index contributed by atoms with van der Waals surface area (Å²) < 4.78 is 11.5. The van der Waals surface area contributed by atoms with E-state index < -0.39 is 0 Å². The summed E-state index contributed by atoms with van der Waals surface area (Å²) in [6.45, 7) is 4.89. The molecule has 5 heterocycles. The van der Waals surface area contributed by atoms with Crippen molar-refractivity contribution in [1.82, 2.24) is 30.2 Å². The van der Waals surface area contributed by atoms with Crippen molar-refractivity contribution < 1.29 is 19.1 Å². The molecule has 3 atom stereocenters. The van der Waals surface area contributed by atoms with Crippen LogP contribution >= 0.6 is 0 Å². The van der Waals surface area contributed by atoms with E-state index in [9.17, 15) is 9.59 Å². The Morgan fingerprint density at radius 3 is 2.55 bits per heavy atom. The van der Waals surface area contributed by atoms with Crippen LogP contribution in [0.5, 0.6) is 5.88 Å². The lowest BCUT2D eigenvalue weighted by atomic mass is 9.89. The van der Waals surface area contributed by atoms with Crippen LogP contribution in [0, 0.1) is 23.7 Å². The molecule has 0 radical (unpaired) electrons. The summed E-state index contributed by atoms with van der Waals surface area (Å²) in [7, 11) is 3.83. The zero-order valence-corrected chi connectivity index (χ0v) is 22.3. The molecule has 1 N–H and O–H groups in total. The average molecular weight is 524 g/mol. The molecule has 0 aromatic carbocycles. The summed E-state index contributed by atoms with van der Waals surface area (Å²) in [6, 6.07) is 3.62. The van der Waals surface area contributed by atoms with Crippen molar-refractivity contribution in [2.45, 2.75) is 32.1 Å². The Labute approximate surface area is 222 Å². The molecule has 0 bridgehead atoms. The topological polar surface area (TPSA) is 117 Å². The molecule has 3 fully saturated rings. The number of anilines is 1. The first-order valence-corrected chi connectivity index (χ1v) is 13.8. The van der Waals surface area contributed by atoms with E-state index in [0.29, 0.717) is 74.2 Å². The number of amides is 2. The summed E-state index contributed by atoms with van der Waals surface area (Å²) >= 11 is 0. The van der Waals surface area contributed by atoms with Crippen LogP contribution in [-0.2, 0) is 22.4 Å². The smallest absolute Gasteiger partial charge is 0.254 e. The van der Waals surface area contributed by atoms with Crippen LogP contribution in [0.25, 0.3) is 0 Å². The van der Waals surface area contributed by atoms with Gasteiger partial charge in [0.25, 0.3) is 5.91 Å². The van der Waals surface area contributed by atoms with E-state index in [0.717, 1.165) is 50.3 Å². The van der Waals surface area contributed by atoms with E-state index in [4.69, 9.17) is 9.47 Å². The molecule has 38 heavy (non-hydrogen) atoms. The minimum atomic E-state index is -0.0232. The van der Waals surface area contributed by atoms with Crippen LogP contribution in [0.15, 0.2) is 12.1 Å². The van der Waals surface area contributed by atoms with E-state index >= 15 is 0 Å². The van der Waals surface area contributed by atoms with E-state index in [2.05, 4.69) is 20.4 Å². The number of likely N-dealkylation sites (tertiary alicyclic amines) is 2. The molecule has 2 amide bonds. The van der Waals surface area contributed by atoms with Crippen molar-refractivity contribution in [2.24, 2.45) is 23.7 Å². The highest BCUT2D eigenvalue weighted by atomic mass is 16.5. The molecule has 4 aliphatic rings. The predicted octanol–water partition coefficient (Wildman–Crippen LogP) is 1.41. The second-order valence-electron chi connectivity index (χ2n) is 11.5. The first kappa shape index (κ1) is 25.1. The third kappa shape index (κ3) is 5.08. The molecule has 3 saturated heterocycles. The number of fused-ring (bicyclic) bond motifs is 2. The third-order valence-electron chi connectivity index (χ3n) is 8.62. The van der Waals surface area contributed by atoms with Crippen molar-refractivity contribution in [1.29, 1.82) is 0 Å². The average Bonchev–Trinajstić information content (AvgIpc) is 3.66. The van der Waals surface area contributed by atoms with Gasteiger partial charge in [-0.25, -0.2) is 0 Å². The Morgan fingerprint density at radius 1 is 1.08 bits per heavy atom. The number of ether oxygens (including phenoxy) is 2. The van der Waals surface area contributed by atoms with Gasteiger partial charge in [0.05, 0.1) is 18.0 Å². The van der Waals surface area contributed by atoms with Crippen LogP contribution < -0.4 is 9.64 Å². The zero-order chi connectivity index (χ0) is 26.2. The molecule has 11 heteroatoms. The van der Waals surface area contributed by atoms with Crippen molar-refractivity contribution in [3.8, 4) is 5.88 Å². The molecule has 0 saturated carbocycles. The van der Waals surface area contributed by atoms with E-state index in [1.807, 2.05) is 34.9 Å². The standard InChI is InChI=1S/C27H37N7O4/c1-32(2)24-10-19(11-25(28-24)38-16-17-5-7-37-8-6-17)27(36)34-14-20-12-33(13-21(20)15-34)26(35)18-3-4-22-23(9-18)30-31-29-22/h10-11,17-18,20-21H,3-9,12-16H2,1-2H3,(H,29,30,31)/t18-,20+,21+/m1/s1. The number of aromatic nitrogens is 4. The first-order chi connectivity index (χ1) is 18.4. The number of aryl methyl sites for hydroxylation is 1. The van der Waals surface area contributed by atoms with Crippen LogP contribution in [0.1, 0.15) is 41.0 Å². The molecule has 3 aliphatic heterocycles. The Hall–Kier alpha value is -3.21. The molecule has 0 spiro atoms. The number of rotatable bonds is 6. The van der Waals surface area contributed by atoms with E-state index in [-0.39, 0.29) is 17.7 Å². The number of aromatic amines is 1. The van der Waals surface area contributed by atoms with Gasteiger partial charge in [-0.3, -0.25) is 14.7 Å². The first-order valence-electron chi connectivity index (χ1n) is 13.8. The van der Waals surface area contributed by atoms with Gasteiger partial charge in [-0.2, -0.15) is 4.98 Å². The minimum absolute atomic E-state index is 0.00420. The lowest BCUT2D eigenvalue weighted by Gasteiger charge is -2.27. The summed E-state index contributed by atoms with van der Waals surface area (Å²) in [5.74, 6) is 2.48. The minimum Gasteiger partial charge on any atom is -0.477 e. The fraction of sp³-hybridized carbons (Fsp3) is 0.667. The van der Waals surface area contributed by atoms with Gasteiger partial charge in [0.1, 0.15) is 5.82 Å². The van der Waals surface area contributed by atoms with Gasteiger partial charge >= 0.3 is 0 Å². The summed E-state index contributed by atoms with van der Waals surface area (Å²) in [6.07, 6.45) is 4.29. The summed E-state index contributed by atoms with van der Waals surface area (Å²) in [5, 5.41) is 11.0. The number of carbonyl (C=O) groups excluding carboxylic acids is 2. The molecular weight excluding hydrogens is 486 g/mol. The van der Waals surface area contributed by atoms with Crippen LogP contribution in [0.3, 0.4) is 0 Å². The Bertz CT molecular complexity index is 1160. The third-order valence-corrected chi connectivity index (χ3v) is 8.62. The summed E-state index contributed by atoms with van der Waals surface area (Å²) in [4.78, 5) is 37.3. The van der Waals surface area contributed by atoms with Crippen molar-refractivity contribution in [3.05, 3.63) is 29.1 Å². The summed E-state index contributed by atoms with van der Waals surface area (Å²) in [5.41, 5.74) is 2.59. The highest BCUT2D eigenvalue weighted by Gasteiger charge is 2.44. The number of carbonyl (C=O) groups is 2. The largest absolute Gasteiger partial charge is 0.477 e. The molecule has 2 aromatic heterocycles. The van der Waals surface area contributed by atoms with Gasteiger partial charge < -0.3 is 24.2 Å². The fourth-order valence-corrected chi connectivity index (χ4v) is 6.31. The Morgan fingerprint density at radius 2 is 1.82 bits per heavy atom. The van der Waals surface area contributed by atoms with Gasteiger partial charge in [0.15, 0.2) is 0 Å². The highest BCUT2D eigenvalue weighted by Crippen LogP contribution is 2.35. The Balaban J connectivity index is 1.07. The van der Waals surface area contributed by atoms with E-state index in [1.54, 1.807) is 6.07 Å². The van der Waals surface area contributed by atoms with Crippen LogP contribution in [0.2, 0.25) is 0 Å². The van der Waals surface area contributed by atoms with Crippen LogP contribution in [-0.4, -0.2) is 102 Å². The molecule has 0 unspecified atom stereocenters. The van der Waals surface area contributed by atoms with Gasteiger partial charge in [0, 0.05) is 89.3 Å². The maximum Gasteiger partial charge on any atom is 0.254 e.